The molecule has 126 valence electrons. The minimum absolute atomic E-state index is 0.316. The van der Waals surface area contributed by atoms with Gasteiger partial charge in [0.1, 0.15) is 11.6 Å². The summed E-state index contributed by atoms with van der Waals surface area (Å²) in [4.78, 5) is 25.2. The average Bonchev–Trinajstić information content (AvgIpc) is 2.85. The molecule has 1 heterocycles. The molecule has 1 amide bonds. The number of likely N-dealkylation sites (tertiary alicyclic amines) is 1. The predicted octanol–water partition coefficient (Wildman–Crippen LogP) is 4.17. The lowest BCUT2D eigenvalue weighted by atomic mass is 9.92. The number of ether oxygens (including phenoxy) is 1. The summed E-state index contributed by atoms with van der Waals surface area (Å²) in [6.45, 7) is 5.55. The van der Waals surface area contributed by atoms with Crippen molar-refractivity contribution in [2.24, 2.45) is 0 Å². The monoisotopic (exact) mass is 359 g/mol. The molecule has 1 N–H and O–H groups in total. The fraction of sp³-hybridized carbons (Fsp3) is 0.500. The number of hydrogen-bond donors (Lipinski definition) is 1. The molecule has 1 aromatic carbocycles. The van der Waals surface area contributed by atoms with Crippen LogP contribution in [0, 0.1) is 0 Å². The van der Waals surface area contributed by atoms with Gasteiger partial charge in [0.05, 0.1) is 10.0 Å². The molecule has 1 saturated heterocycles. The van der Waals surface area contributed by atoms with E-state index in [1.54, 1.807) is 39.0 Å². The third-order valence-corrected chi connectivity index (χ3v) is 4.39. The first-order valence-corrected chi connectivity index (χ1v) is 8.03. The van der Waals surface area contributed by atoms with Crippen LogP contribution in [-0.4, -0.2) is 40.3 Å². The number of nitrogens with zero attached hydrogens (tertiary/aromatic N) is 1. The summed E-state index contributed by atoms with van der Waals surface area (Å²) in [6.07, 6.45) is -0.0961. The highest BCUT2D eigenvalue weighted by atomic mass is 35.5. The van der Waals surface area contributed by atoms with Crippen molar-refractivity contribution >= 4 is 35.3 Å². The topological polar surface area (TPSA) is 66.8 Å². The molecule has 0 bridgehead atoms. The molecule has 0 aliphatic carbocycles. The minimum Gasteiger partial charge on any atom is -0.480 e. The SMILES string of the molecule is CC(C)(C)OC(=O)N1CC[C@@H](c2ccc(Cl)c(Cl)c2)[C@H]1C(=O)O. The zero-order valence-electron chi connectivity index (χ0n) is 13.2. The lowest BCUT2D eigenvalue weighted by molar-refractivity contribution is -0.142. The molecule has 1 fully saturated rings. The van der Waals surface area contributed by atoms with Gasteiger partial charge in [-0.25, -0.2) is 9.59 Å². The number of amides is 1. The summed E-state index contributed by atoms with van der Waals surface area (Å²) >= 11 is 11.9. The van der Waals surface area contributed by atoms with Gasteiger partial charge >= 0.3 is 12.1 Å². The molecule has 1 aliphatic heterocycles. The van der Waals surface area contributed by atoms with Crippen molar-refractivity contribution in [1.82, 2.24) is 4.90 Å². The van der Waals surface area contributed by atoms with E-state index in [1.807, 2.05) is 0 Å². The third kappa shape index (κ3) is 4.09. The van der Waals surface area contributed by atoms with Crippen LogP contribution in [0.1, 0.15) is 38.7 Å². The quantitative estimate of drug-likeness (QED) is 0.860. The van der Waals surface area contributed by atoms with Gasteiger partial charge in [0.15, 0.2) is 0 Å². The third-order valence-electron chi connectivity index (χ3n) is 3.65. The lowest BCUT2D eigenvalue weighted by Gasteiger charge is -2.28. The molecule has 23 heavy (non-hydrogen) atoms. The molecule has 7 heteroatoms. The van der Waals surface area contributed by atoms with Crippen LogP contribution < -0.4 is 0 Å². The molecule has 5 nitrogen and oxygen atoms in total. The Balaban J connectivity index is 2.27. The largest absolute Gasteiger partial charge is 0.480 e. The summed E-state index contributed by atoms with van der Waals surface area (Å²) in [5, 5.41) is 10.3. The number of hydrogen-bond acceptors (Lipinski definition) is 3. The maximum absolute atomic E-state index is 12.3. The average molecular weight is 360 g/mol. The van der Waals surface area contributed by atoms with E-state index in [2.05, 4.69) is 0 Å². The van der Waals surface area contributed by atoms with Crippen LogP contribution in [0.25, 0.3) is 0 Å². The molecular formula is C16H19Cl2NO4. The van der Waals surface area contributed by atoms with E-state index in [9.17, 15) is 14.7 Å². The predicted molar refractivity (Wildman–Crippen MR) is 88.2 cm³/mol. The maximum Gasteiger partial charge on any atom is 0.411 e. The second-order valence-corrected chi connectivity index (χ2v) is 7.34. The zero-order chi connectivity index (χ0) is 17.4. The van der Waals surface area contributed by atoms with Crippen LogP contribution in [-0.2, 0) is 9.53 Å². The molecule has 0 aromatic heterocycles. The molecule has 0 saturated carbocycles. The Bertz CT molecular complexity index is 627. The van der Waals surface area contributed by atoms with E-state index < -0.39 is 23.7 Å². The Labute approximate surface area is 145 Å². The van der Waals surface area contributed by atoms with Gasteiger partial charge in [0, 0.05) is 12.5 Å². The number of carboxylic acids is 1. The van der Waals surface area contributed by atoms with Gasteiger partial charge < -0.3 is 9.84 Å². The fourth-order valence-electron chi connectivity index (χ4n) is 2.72. The summed E-state index contributed by atoms with van der Waals surface area (Å²) in [7, 11) is 0. The summed E-state index contributed by atoms with van der Waals surface area (Å²) in [6, 6.07) is 4.05. The molecule has 2 atom stereocenters. The highest BCUT2D eigenvalue weighted by molar-refractivity contribution is 6.42. The van der Waals surface area contributed by atoms with Crippen molar-refractivity contribution in [2.75, 3.05) is 6.54 Å². The first-order chi connectivity index (χ1) is 10.6. The van der Waals surface area contributed by atoms with Crippen molar-refractivity contribution in [3.8, 4) is 0 Å². The van der Waals surface area contributed by atoms with Crippen LogP contribution in [0.3, 0.4) is 0 Å². The molecular weight excluding hydrogens is 341 g/mol. The first-order valence-electron chi connectivity index (χ1n) is 7.27. The van der Waals surface area contributed by atoms with E-state index in [4.69, 9.17) is 27.9 Å². The van der Waals surface area contributed by atoms with Crippen molar-refractivity contribution in [1.29, 1.82) is 0 Å². The van der Waals surface area contributed by atoms with E-state index >= 15 is 0 Å². The van der Waals surface area contributed by atoms with Crippen molar-refractivity contribution < 1.29 is 19.4 Å². The summed E-state index contributed by atoms with van der Waals surface area (Å²) in [5.41, 5.74) is 0.0693. The van der Waals surface area contributed by atoms with Gasteiger partial charge in [-0.05, 0) is 44.9 Å². The smallest absolute Gasteiger partial charge is 0.411 e. The van der Waals surface area contributed by atoms with Gasteiger partial charge in [-0.3, -0.25) is 4.90 Å². The van der Waals surface area contributed by atoms with Crippen LogP contribution >= 0.6 is 23.2 Å². The summed E-state index contributed by atoms with van der Waals surface area (Å²) < 4.78 is 5.31. The minimum atomic E-state index is -1.07. The second-order valence-electron chi connectivity index (χ2n) is 6.53. The highest BCUT2D eigenvalue weighted by Crippen LogP contribution is 2.37. The molecule has 0 spiro atoms. The number of rotatable bonds is 2. The first kappa shape index (κ1) is 17.9. The maximum atomic E-state index is 12.3. The Morgan fingerprint density at radius 1 is 1.26 bits per heavy atom. The van der Waals surface area contributed by atoms with Crippen LogP contribution in [0.5, 0.6) is 0 Å². The van der Waals surface area contributed by atoms with Gasteiger partial charge in [0.2, 0.25) is 0 Å². The van der Waals surface area contributed by atoms with E-state index in [0.717, 1.165) is 5.56 Å². The van der Waals surface area contributed by atoms with E-state index in [0.29, 0.717) is 23.0 Å². The number of aliphatic carboxylic acids is 1. The van der Waals surface area contributed by atoms with Crippen LogP contribution in [0.2, 0.25) is 10.0 Å². The number of carbonyl (C=O) groups excluding carboxylic acids is 1. The Hall–Kier alpha value is -1.46. The number of halogens is 2. The van der Waals surface area contributed by atoms with Gasteiger partial charge in [-0.1, -0.05) is 29.3 Å². The molecule has 0 unspecified atom stereocenters. The standard InChI is InChI=1S/C16H19Cl2NO4/c1-16(2,3)23-15(22)19-7-6-10(13(19)14(20)21)9-4-5-11(17)12(18)8-9/h4-5,8,10,13H,6-7H2,1-3H3,(H,20,21)/t10-,13-/m0/s1. The van der Waals surface area contributed by atoms with Crippen molar-refractivity contribution in [2.45, 2.75) is 44.8 Å². The Morgan fingerprint density at radius 3 is 2.43 bits per heavy atom. The Kier molecular flexibility index (Phi) is 5.11. The normalized spacial score (nSPS) is 21.3. The number of benzene rings is 1. The van der Waals surface area contributed by atoms with E-state index in [1.165, 1.54) is 4.90 Å². The number of carboxylic acid groups (broad SMARTS) is 1. The van der Waals surface area contributed by atoms with Crippen molar-refractivity contribution in [3.63, 3.8) is 0 Å². The van der Waals surface area contributed by atoms with E-state index in [-0.39, 0.29) is 5.92 Å². The molecule has 0 radical (unpaired) electrons. The molecule has 2 rings (SSSR count). The molecule has 1 aromatic rings. The van der Waals surface area contributed by atoms with Crippen molar-refractivity contribution in [3.05, 3.63) is 33.8 Å². The second kappa shape index (κ2) is 6.57. The summed E-state index contributed by atoms with van der Waals surface area (Å²) in [5.74, 6) is -1.42. The Morgan fingerprint density at radius 2 is 1.91 bits per heavy atom. The van der Waals surface area contributed by atoms with Crippen LogP contribution in [0.4, 0.5) is 4.79 Å². The fourth-order valence-corrected chi connectivity index (χ4v) is 3.02. The number of carbonyl (C=O) groups is 2. The lowest BCUT2D eigenvalue weighted by Crippen LogP contribution is -2.45. The molecule has 1 aliphatic rings. The van der Waals surface area contributed by atoms with Gasteiger partial charge in [-0.15, -0.1) is 0 Å². The zero-order valence-corrected chi connectivity index (χ0v) is 14.7. The van der Waals surface area contributed by atoms with Gasteiger partial charge in [-0.2, -0.15) is 0 Å². The van der Waals surface area contributed by atoms with Crippen LogP contribution in [0.15, 0.2) is 18.2 Å². The van der Waals surface area contributed by atoms with Gasteiger partial charge in [0.25, 0.3) is 0 Å². The highest BCUT2D eigenvalue weighted by Gasteiger charge is 2.44.